The summed E-state index contributed by atoms with van der Waals surface area (Å²) < 4.78 is 25.3. The van der Waals surface area contributed by atoms with Crippen molar-refractivity contribution in [3.8, 4) is 0 Å². The molecule has 0 aromatic heterocycles. The van der Waals surface area contributed by atoms with Gasteiger partial charge in [0.2, 0.25) is 0 Å². The van der Waals surface area contributed by atoms with Gasteiger partial charge in [0.25, 0.3) is 0 Å². The van der Waals surface area contributed by atoms with Gasteiger partial charge in [-0.3, -0.25) is 0 Å². The molecule has 104 valence electrons. The maximum Gasteiger partial charge on any atom is 0.128 e. The molecule has 1 N–H and O–H groups in total. The summed E-state index contributed by atoms with van der Waals surface area (Å²) in [4.78, 5) is 0. The summed E-state index contributed by atoms with van der Waals surface area (Å²) in [5.41, 5.74) is 0.624. The van der Waals surface area contributed by atoms with Crippen LogP contribution in [-0.2, 0) is 16.1 Å². The molecule has 2 aliphatic rings. The second kappa shape index (κ2) is 5.57. The molecule has 1 atom stereocenters. The van der Waals surface area contributed by atoms with Crippen LogP contribution in [0.1, 0.15) is 24.8 Å². The number of halogens is 1. The number of benzene rings is 1. The van der Waals surface area contributed by atoms with Crippen molar-refractivity contribution in [1.29, 1.82) is 0 Å². The zero-order valence-corrected chi connectivity index (χ0v) is 11.0. The first-order valence-corrected chi connectivity index (χ1v) is 6.97. The summed E-state index contributed by atoms with van der Waals surface area (Å²) in [6.07, 6.45) is 3.13. The van der Waals surface area contributed by atoms with Crippen LogP contribution in [0.3, 0.4) is 0 Å². The van der Waals surface area contributed by atoms with Crippen LogP contribution in [0.4, 0.5) is 4.39 Å². The largest absolute Gasteiger partial charge is 0.372 e. The first-order valence-electron chi connectivity index (χ1n) is 6.97. The van der Waals surface area contributed by atoms with Gasteiger partial charge in [0.1, 0.15) is 5.82 Å². The first-order chi connectivity index (χ1) is 9.27. The topological polar surface area (TPSA) is 30.5 Å². The number of hydrogen-bond acceptors (Lipinski definition) is 3. The molecule has 1 unspecified atom stereocenters. The summed E-state index contributed by atoms with van der Waals surface area (Å²) in [5, 5.41) is 3.35. The average Bonchev–Trinajstić information content (AvgIpc) is 2.82. The van der Waals surface area contributed by atoms with E-state index in [2.05, 4.69) is 5.32 Å². The van der Waals surface area contributed by atoms with Crippen molar-refractivity contribution in [2.45, 2.75) is 37.6 Å². The van der Waals surface area contributed by atoms with Gasteiger partial charge in [-0.15, -0.1) is 0 Å². The van der Waals surface area contributed by atoms with Crippen LogP contribution < -0.4 is 5.32 Å². The molecule has 2 heterocycles. The minimum atomic E-state index is -0.196. The van der Waals surface area contributed by atoms with Crippen molar-refractivity contribution >= 4 is 0 Å². The van der Waals surface area contributed by atoms with Crippen molar-refractivity contribution in [3.05, 3.63) is 35.6 Å². The van der Waals surface area contributed by atoms with E-state index in [-0.39, 0.29) is 17.5 Å². The smallest absolute Gasteiger partial charge is 0.128 e. The van der Waals surface area contributed by atoms with Gasteiger partial charge in [0.05, 0.1) is 24.9 Å². The van der Waals surface area contributed by atoms with E-state index in [1.807, 2.05) is 6.07 Å². The maximum absolute atomic E-state index is 13.5. The molecule has 2 aliphatic heterocycles. The molecule has 0 bridgehead atoms. The standard InChI is InChI=1S/C15H20FNO2/c16-14-4-2-1-3-12(14)10-18-13-9-15(19-11-13)5-7-17-8-6-15/h1-4,13,17H,5-11H2. The molecule has 0 radical (unpaired) electrons. The van der Waals surface area contributed by atoms with E-state index in [1.54, 1.807) is 12.1 Å². The lowest BCUT2D eigenvalue weighted by Crippen LogP contribution is -2.41. The summed E-state index contributed by atoms with van der Waals surface area (Å²) >= 11 is 0. The van der Waals surface area contributed by atoms with Crippen molar-refractivity contribution in [2.24, 2.45) is 0 Å². The fourth-order valence-corrected chi connectivity index (χ4v) is 2.96. The molecule has 0 saturated carbocycles. The SMILES string of the molecule is Fc1ccccc1COC1COC2(CCNCC2)C1. The van der Waals surface area contributed by atoms with Crippen molar-refractivity contribution in [1.82, 2.24) is 5.32 Å². The molecular weight excluding hydrogens is 245 g/mol. The van der Waals surface area contributed by atoms with Gasteiger partial charge in [-0.2, -0.15) is 0 Å². The molecule has 1 aromatic rings. The fourth-order valence-electron chi connectivity index (χ4n) is 2.96. The Labute approximate surface area is 113 Å². The van der Waals surface area contributed by atoms with Gasteiger partial charge in [-0.1, -0.05) is 18.2 Å². The van der Waals surface area contributed by atoms with E-state index >= 15 is 0 Å². The van der Waals surface area contributed by atoms with E-state index in [1.165, 1.54) is 6.07 Å². The molecule has 19 heavy (non-hydrogen) atoms. The third kappa shape index (κ3) is 2.96. The minimum absolute atomic E-state index is 0.00511. The van der Waals surface area contributed by atoms with E-state index in [4.69, 9.17) is 9.47 Å². The lowest BCUT2D eigenvalue weighted by Gasteiger charge is -2.32. The summed E-state index contributed by atoms with van der Waals surface area (Å²) in [7, 11) is 0. The Morgan fingerprint density at radius 2 is 2.11 bits per heavy atom. The monoisotopic (exact) mass is 265 g/mol. The molecule has 1 spiro atoms. The predicted octanol–water partition coefficient (Wildman–Crippen LogP) is 2.25. The predicted molar refractivity (Wildman–Crippen MR) is 70.4 cm³/mol. The van der Waals surface area contributed by atoms with E-state index in [0.29, 0.717) is 18.8 Å². The van der Waals surface area contributed by atoms with Crippen molar-refractivity contribution < 1.29 is 13.9 Å². The Morgan fingerprint density at radius 1 is 1.32 bits per heavy atom. The molecule has 1 aromatic carbocycles. The van der Waals surface area contributed by atoms with Crippen LogP contribution in [-0.4, -0.2) is 31.4 Å². The van der Waals surface area contributed by atoms with Gasteiger partial charge in [-0.25, -0.2) is 4.39 Å². The summed E-state index contributed by atoms with van der Waals surface area (Å²) in [5.74, 6) is -0.196. The van der Waals surface area contributed by atoms with Gasteiger partial charge in [0.15, 0.2) is 0 Å². The lowest BCUT2D eigenvalue weighted by atomic mass is 9.89. The number of piperidine rings is 1. The van der Waals surface area contributed by atoms with Crippen LogP contribution in [0.15, 0.2) is 24.3 Å². The Morgan fingerprint density at radius 3 is 2.89 bits per heavy atom. The van der Waals surface area contributed by atoms with Crippen LogP contribution in [0.2, 0.25) is 0 Å². The number of ether oxygens (including phenoxy) is 2. The normalized spacial score (nSPS) is 25.8. The summed E-state index contributed by atoms with van der Waals surface area (Å²) in [6, 6.07) is 6.77. The molecule has 0 amide bonds. The van der Waals surface area contributed by atoms with Crippen LogP contribution in [0.5, 0.6) is 0 Å². The molecule has 3 rings (SSSR count). The van der Waals surface area contributed by atoms with Crippen molar-refractivity contribution in [3.63, 3.8) is 0 Å². The zero-order chi connectivity index (χ0) is 13.1. The lowest BCUT2D eigenvalue weighted by molar-refractivity contribution is -0.0241. The molecular formula is C15H20FNO2. The quantitative estimate of drug-likeness (QED) is 0.909. The molecule has 4 heteroatoms. The fraction of sp³-hybridized carbons (Fsp3) is 0.600. The highest BCUT2D eigenvalue weighted by Gasteiger charge is 2.41. The van der Waals surface area contributed by atoms with Crippen LogP contribution >= 0.6 is 0 Å². The van der Waals surface area contributed by atoms with E-state index < -0.39 is 0 Å². The Bertz CT molecular complexity index is 432. The average molecular weight is 265 g/mol. The number of rotatable bonds is 3. The van der Waals surface area contributed by atoms with E-state index in [9.17, 15) is 4.39 Å². The second-order valence-corrected chi connectivity index (χ2v) is 5.47. The molecule has 2 fully saturated rings. The minimum Gasteiger partial charge on any atom is -0.372 e. The second-order valence-electron chi connectivity index (χ2n) is 5.47. The van der Waals surface area contributed by atoms with Gasteiger partial charge in [-0.05, 0) is 32.0 Å². The third-order valence-corrected chi connectivity index (χ3v) is 4.12. The summed E-state index contributed by atoms with van der Waals surface area (Å²) in [6.45, 7) is 2.99. The van der Waals surface area contributed by atoms with E-state index in [0.717, 1.165) is 32.4 Å². The van der Waals surface area contributed by atoms with Crippen molar-refractivity contribution in [2.75, 3.05) is 19.7 Å². The van der Waals surface area contributed by atoms with Crippen LogP contribution in [0, 0.1) is 5.82 Å². The first kappa shape index (κ1) is 13.0. The van der Waals surface area contributed by atoms with Gasteiger partial charge < -0.3 is 14.8 Å². The highest BCUT2D eigenvalue weighted by molar-refractivity contribution is 5.16. The molecule has 0 aliphatic carbocycles. The Balaban J connectivity index is 1.53. The van der Waals surface area contributed by atoms with Gasteiger partial charge in [0, 0.05) is 12.0 Å². The number of nitrogens with one attached hydrogen (secondary N) is 1. The maximum atomic E-state index is 13.5. The molecule has 2 saturated heterocycles. The van der Waals surface area contributed by atoms with Gasteiger partial charge >= 0.3 is 0 Å². The number of hydrogen-bond donors (Lipinski definition) is 1. The highest BCUT2D eigenvalue weighted by Crippen LogP contribution is 2.35. The Hall–Kier alpha value is -0.970. The molecule has 3 nitrogen and oxygen atoms in total. The Kier molecular flexibility index (Phi) is 3.82. The highest BCUT2D eigenvalue weighted by atomic mass is 19.1. The zero-order valence-electron chi connectivity index (χ0n) is 11.0. The van der Waals surface area contributed by atoms with Crippen LogP contribution in [0.25, 0.3) is 0 Å². The third-order valence-electron chi connectivity index (χ3n) is 4.12.